The van der Waals surface area contributed by atoms with Crippen LogP contribution >= 0.6 is 0 Å². The molecule has 1 fully saturated rings. The zero-order chi connectivity index (χ0) is 19.3. The Morgan fingerprint density at radius 2 is 1.88 bits per heavy atom. The van der Waals surface area contributed by atoms with E-state index in [1.807, 2.05) is 13.8 Å². The fraction of sp³-hybridized carbons (Fsp3) is 0.526. The number of amides is 2. The van der Waals surface area contributed by atoms with Crippen LogP contribution in [0.1, 0.15) is 49.0 Å². The van der Waals surface area contributed by atoms with Gasteiger partial charge in [-0.3, -0.25) is 9.59 Å². The number of carboxylic acid groups (broad SMARTS) is 1. The summed E-state index contributed by atoms with van der Waals surface area (Å²) in [7, 11) is 0. The normalized spacial score (nSPS) is 16.2. The van der Waals surface area contributed by atoms with Gasteiger partial charge in [0.15, 0.2) is 0 Å². The molecule has 0 unspecified atom stereocenters. The summed E-state index contributed by atoms with van der Waals surface area (Å²) in [5.74, 6) is -1.32. The third-order valence-electron chi connectivity index (χ3n) is 4.46. The summed E-state index contributed by atoms with van der Waals surface area (Å²) < 4.78 is 5.21. The van der Waals surface area contributed by atoms with E-state index in [-0.39, 0.29) is 24.7 Å². The predicted molar refractivity (Wildman–Crippen MR) is 97.1 cm³/mol. The number of anilines is 1. The number of carbonyl (C=O) groups is 3. The summed E-state index contributed by atoms with van der Waals surface area (Å²) in [6.07, 6.45) is 0.887. The zero-order valence-corrected chi connectivity index (χ0v) is 15.4. The molecule has 7 heteroatoms. The van der Waals surface area contributed by atoms with Crippen LogP contribution in [0.5, 0.6) is 0 Å². The van der Waals surface area contributed by atoms with Crippen molar-refractivity contribution in [3.8, 4) is 0 Å². The number of carbonyl (C=O) groups excluding carboxylic acids is 2. The molecule has 2 amide bonds. The second-order valence-electron chi connectivity index (χ2n) is 7.13. The second-order valence-corrected chi connectivity index (χ2v) is 7.13. The number of nitrogens with one attached hydrogen (secondary N) is 2. The first-order chi connectivity index (χ1) is 12.2. The molecule has 0 aromatic heterocycles. The summed E-state index contributed by atoms with van der Waals surface area (Å²) >= 11 is 0. The van der Waals surface area contributed by atoms with Gasteiger partial charge in [-0.05, 0) is 36.6 Å². The monoisotopic (exact) mass is 362 g/mol. The van der Waals surface area contributed by atoms with Gasteiger partial charge < -0.3 is 20.5 Å². The van der Waals surface area contributed by atoms with E-state index >= 15 is 0 Å². The molecule has 2 rings (SSSR count). The molecule has 1 saturated heterocycles. The van der Waals surface area contributed by atoms with Crippen LogP contribution in [-0.4, -0.2) is 41.6 Å². The molecule has 0 saturated carbocycles. The van der Waals surface area contributed by atoms with Gasteiger partial charge in [-0.15, -0.1) is 0 Å². The molecule has 1 aliphatic heterocycles. The van der Waals surface area contributed by atoms with Crippen molar-refractivity contribution in [3.05, 3.63) is 29.3 Å². The highest BCUT2D eigenvalue weighted by Crippen LogP contribution is 2.23. The average molecular weight is 362 g/mol. The van der Waals surface area contributed by atoms with Gasteiger partial charge in [-0.25, -0.2) is 4.79 Å². The second kappa shape index (κ2) is 8.31. The maximum absolute atomic E-state index is 12.6. The molecule has 0 radical (unpaired) electrons. The van der Waals surface area contributed by atoms with Gasteiger partial charge in [-0.2, -0.15) is 0 Å². The number of rotatable bonds is 6. The third-order valence-corrected chi connectivity index (χ3v) is 4.46. The SMILES string of the molecule is Cc1cc(C(=O)NC2(C(=O)O)CCOCC2)ccc1NC(=O)CC(C)C. The summed E-state index contributed by atoms with van der Waals surface area (Å²) in [6, 6.07) is 4.90. The quantitative estimate of drug-likeness (QED) is 0.720. The lowest BCUT2D eigenvalue weighted by Crippen LogP contribution is -2.57. The Hall–Kier alpha value is -2.41. The summed E-state index contributed by atoms with van der Waals surface area (Å²) in [5, 5.41) is 15.0. The number of aliphatic carboxylic acids is 1. The molecule has 0 atom stereocenters. The van der Waals surface area contributed by atoms with Crippen molar-refractivity contribution in [3.63, 3.8) is 0 Å². The summed E-state index contributed by atoms with van der Waals surface area (Å²) in [4.78, 5) is 36.1. The van der Waals surface area contributed by atoms with E-state index in [2.05, 4.69) is 10.6 Å². The van der Waals surface area contributed by atoms with Crippen LogP contribution in [0.4, 0.5) is 5.69 Å². The fourth-order valence-corrected chi connectivity index (χ4v) is 2.92. The van der Waals surface area contributed by atoms with Crippen molar-refractivity contribution in [1.29, 1.82) is 0 Å². The van der Waals surface area contributed by atoms with Crippen LogP contribution in [0.25, 0.3) is 0 Å². The van der Waals surface area contributed by atoms with Crippen molar-refractivity contribution < 1.29 is 24.2 Å². The topological polar surface area (TPSA) is 105 Å². The molecular weight excluding hydrogens is 336 g/mol. The Morgan fingerprint density at radius 1 is 1.23 bits per heavy atom. The van der Waals surface area contributed by atoms with E-state index in [1.54, 1.807) is 25.1 Å². The van der Waals surface area contributed by atoms with Gasteiger partial charge in [0.1, 0.15) is 5.54 Å². The van der Waals surface area contributed by atoms with Crippen LogP contribution in [0.3, 0.4) is 0 Å². The maximum atomic E-state index is 12.6. The number of ether oxygens (including phenoxy) is 1. The fourth-order valence-electron chi connectivity index (χ4n) is 2.92. The Bertz CT molecular complexity index is 693. The van der Waals surface area contributed by atoms with Crippen molar-refractivity contribution >= 4 is 23.5 Å². The number of carboxylic acids is 1. The minimum atomic E-state index is -1.30. The van der Waals surface area contributed by atoms with E-state index in [0.717, 1.165) is 5.56 Å². The predicted octanol–water partition coefficient (Wildman–Crippen LogP) is 2.34. The number of hydrogen-bond donors (Lipinski definition) is 3. The van der Waals surface area contributed by atoms with Gasteiger partial charge in [0, 0.05) is 43.7 Å². The van der Waals surface area contributed by atoms with Crippen LogP contribution < -0.4 is 10.6 Å². The van der Waals surface area contributed by atoms with Crippen molar-refractivity contribution in [1.82, 2.24) is 5.32 Å². The minimum Gasteiger partial charge on any atom is -0.480 e. The first-order valence-corrected chi connectivity index (χ1v) is 8.77. The van der Waals surface area contributed by atoms with Gasteiger partial charge >= 0.3 is 5.97 Å². The number of aryl methyl sites for hydroxylation is 1. The van der Waals surface area contributed by atoms with Crippen molar-refractivity contribution in [2.75, 3.05) is 18.5 Å². The zero-order valence-electron chi connectivity index (χ0n) is 15.4. The molecule has 26 heavy (non-hydrogen) atoms. The average Bonchev–Trinajstić information content (AvgIpc) is 2.56. The minimum absolute atomic E-state index is 0.0765. The van der Waals surface area contributed by atoms with Crippen LogP contribution in [0, 0.1) is 12.8 Å². The van der Waals surface area contributed by atoms with Gasteiger partial charge in [0.25, 0.3) is 5.91 Å². The number of benzene rings is 1. The summed E-state index contributed by atoms with van der Waals surface area (Å²) in [6.45, 7) is 6.32. The smallest absolute Gasteiger partial charge is 0.329 e. The molecule has 0 spiro atoms. The lowest BCUT2D eigenvalue weighted by atomic mass is 9.89. The molecule has 3 N–H and O–H groups in total. The van der Waals surface area contributed by atoms with Crippen LogP contribution in [-0.2, 0) is 14.3 Å². The Kier molecular flexibility index (Phi) is 6.37. The third kappa shape index (κ3) is 4.82. The van der Waals surface area contributed by atoms with Crippen LogP contribution in [0.2, 0.25) is 0 Å². The molecular formula is C19H26N2O5. The van der Waals surface area contributed by atoms with E-state index in [0.29, 0.717) is 30.9 Å². The molecule has 0 bridgehead atoms. The first kappa shape index (κ1) is 19.9. The molecule has 1 aromatic carbocycles. The van der Waals surface area contributed by atoms with E-state index < -0.39 is 17.4 Å². The summed E-state index contributed by atoms with van der Waals surface area (Å²) in [5.41, 5.74) is 0.446. The van der Waals surface area contributed by atoms with Gasteiger partial charge in [0.2, 0.25) is 5.91 Å². The standard InChI is InChI=1S/C19H26N2O5/c1-12(2)10-16(22)20-15-5-4-14(11-13(15)3)17(23)21-19(18(24)25)6-8-26-9-7-19/h4-5,11-12H,6-10H2,1-3H3,(H,20,22)(H,21,23)(H,24,25). The van der Waals surface area contributed by atoms with Gasteiger partial charge in [-0.1, -0.05) is 13.8 Å². The van der Waals surface area contributed by atoms with E-state index in [9.17, 15) is 19.5 Å². The maximum Gasteiger partial charge on any atom is 0.329 e. The molecule has 0 aliphatic carbocycles. The van der Waals surface area contributed by atoms with Crippen molar-refractivity contribution in [2.45, 2.75) is 45.6 Å². The lowest BCUT2D eigenvalue weighted by molar-refractivity contribution is -0.148. The van der Waals surface area contributed by atoms with Crippen LogP contribution in [0.15, 0.2) is 18.2 Å². The molecule has 142 valence electrons. The Labute approximate surface area is 153 Å². The largest absolute Gasteiger partial charge is 0.480 e. The van der Waals surface area contributed by atoms with Crippen molar-refractivity contribution in [2.24, 2.45) is 5.92 Å². The molecule has 1 aromatic rings. The Balaban J connectivity index is 2.11. The Morgan fingerprint density at radius 3 is 2.42 bits per heavy atom. The lowest BCUT2D eigenvalue weighted by Gasteiger charge is -2.33. The highest BCUT2D eigenvalue weighted by molar-refractivity contribution is 5.99. The first-order valence-electron chi connectivity index (χ1n) is 8.77. The molecule has 7 nitrogen and oxygen atoms in total. The highest BCUT2D eigenvalue weighted by Gasteiger charge is 2.41. The molecule has 1 heterocycles. The van der Waals surface area contributed by atoms with E-state index in [4.69, 9.17) is 4.74 Å². The van der Waals surface area contributed by atoms with E-state index in [1.165, 1.54) is 0 Å². The highest BCUT2D eigenvalue weighted by atomic mass is 16.5. The number of hydrogen-bond acceptors (Lipinski definition) is 4. The molecule has 1 aliphatic rings. The van der Waals surface area contributed by atoms with Gasteiger partial charge in [0.05, 0.1) is 0 Å².